The van der Waals surface area contributed by atoms with E-state index in [2.05, 4.69) is 14.7 Å². The van der Waals surface area contributed by atoms with Gasteiger partial charge in [0.15, 0.2) is 15.5 Å². The maximum Gasteiger partial charge on any atom is 0.226 e. The first-order chi connectivity index (χ1) is 17.1. The van der Waals surface area contributed by atoms with Gasteiger partial charge in [0.25, 0.3) is 0 Å². The predicted octanol–water partition coefficient (Wildman–Crippen LogP) is 2.98. The summed E-state index contributed by atoms with van der Waals surface area (Å²) in [6.45, 7) is 0. The van der Waals surface area contributed by atoms with E-state index in [1.54, 1.807) is 16.8 Å². The monoisotopic (exact) mass is 534 g/mol. The van der Waals surface area contributed by atoms with Crippen LogP contribution in [-0.2, 0) is 19.9 Å². The molecule has 0 saturated heterocycles. The Hall–Kier alpha value is -2.57. The van der Waals surface area contributed by atoms with Crippen LogP contribution in [0.15, 0.2) is 41.7 Å². The van der Waals surface area contributed by atoms with Crippen LogP contribution in [0, 0.1) is 17.7 Å². The number of sulfonamides is 1. The highest BCUT2D eigenvalue weighted by molar-refractivity contribution is 7.90. The molecule has 3 aliphatic carbocycles. The summed E-state index contributed by atoms with van der Waals surface area (Å²) in [6.07, 6.45) is 8.86. The fourth-order valence-electron chi connectivity index (χ4n) is 5.71. The molecule has 2 aromatic heterocycles. The average molecular weight is 535 g/mol. The molecular weight excluding hydrogens is 507 g/mol. The van der Waals surface area contributed by atoms with Crippen LogP contribution in [0.1, 0.15) is 38.5 Å². The highest BCUT2D eigenvalue weighted by Gasteiger charge is 2.47. The highest BCUT2D eigenvalue weighted by Crippen LogP contribution is 2.45. The molecule has 36 heavy (non-hydrogen) atoms. The van der Waals surface area contributed by atoms with Gasteiger partial charge in [-0.2, -0.15) is 0 Å². The Bertz CT molecular complexity index is 1540. The molecule has 0 unspecified atom stereocenters. The number of rotatable bonds is 7. The third kappa shape index (κ3) is 4.28. The van der Waals surface area contributed by atoms with Crippen LogP contribution in [0.4, 0.5) is 4.39 Å². The van der Waals surface area contributed by atoms with E-state index in [1.165, 1.54) is 18.5 Å². The van der Waals surface area contributed by atoms with Crippen molar-refractivity contribution in [2.45, 2.75) is 60.8 Å². The molecule has 0 aliphatic heterocycles. The minimum absolute atomic E-state index is 0.0279. The third-order valence-corrected chi connectivity index (χ3v) is 10.7. The van der Waals surface area contributed by atoms with Crippen molar-refractivity contribution in [3.05, 3.63) is 42.6 Å². The first kappa shape index (κ1) is 23.8. The summed E-state index contributed by atoms with van der Waals surface area (Å²) >= 11 is 0. The molecule has 1 N–H and O–H groups in total. The fraction of sp³-hybridized carbons (Fsp3) is 0.500. The zero-order chi connectivity index (χ0) is 25.2. The predicted molar refractivity (Wildman–Crippen MR) is 131 cm³/mol. The van der Waals surface area contributed by atoms with Crippen LogP contribution in [-0.4, -0.2) is 55.0 Å². The lowest BCUT2D eigenvalue weighted by molar-refractivity contribution is 0.0984. The molecule has 2 bridgehead atoms. The van der Waals surface area contributed by atoms with Gasteiger partial charge in [0.2, 0.25) is 15.9 Å². The number of hydrogen-bond acceptors (Lipinski definition) is 7. The van der Waals surface area contributed by atoms with Crippen molar-refractivity contribution in [1.29, 1.82) is 0 Å². The molecule has 2 heterocycles. The Morgan fingerprint density at radius 3 is 2.39 bits per heavy atom. The van der Waals surface area contributed by atoms with E-state index in [0.29, 0.717) is 16.9 Å². The molecule has 3 aromatic rings. The van der Waals surface area contributed by atoms with Gasteiger partial charge in [-0.3, -0.25) is 4.57 Å². The Kier molecular flexibility index (Phi) is 5.61. The van der Waals surface area contributed by atoms with Crippen molar-refractivity contribution in [2.24, 2.45) is 11.8 Å². The van der Waals surface area contributed by atoms with Crippen molar-refractivity contribution in [3.63, 3.8) is 0 Å². The summed E-state index contributed by atoms with van der Waals surface area (Å²) in [5, 5.41) is 0.393. The van der Waals surface area contributed by atoms with Crippen molar-refractivity contribution >= 4 is 30.9 Å². The molecule has 12 heteroatoms. The summed E-state index contributed by atoms with van der Waals surface area (Å²) in [6, 6.07) is 5.50. The minimum Gasteiger partial charge on any atom is -0.474 e. The second-order valence-electron chi connectivity index (χ2n) is 10.2. The van der Waals surface area contributed by atoms with E-state index >= 15 is 0 Å². The number of aromatic nitrogens is 3. The van der Waals surface area contributed by atoms with E-state index in [1.807, 2.05) is 0 Å². The number of halogens is 1. The molecule has 0 radical (unpaired) electrons. The largest absolute Gasteiger partial charge is 0.474 e. The number of benzene rings is 1. The van der Waals surface area contributed by atoms with Gasteiger partial charge in [-0.05, 0) is 74.6 Å². The van der Waals surface area contributed by atoms with Gasteiger partial charge in [0.1, 0.15) is 18.2 Å². The van der Waals surface area contributed by atoms with E-state index in [0.717, 1.165) is 50.8 Å². The maximum absolute atomic E-state index is 14.8. The molecule has 9 nitrogen and oxygen atoms in total. The molecule has 3 aliphatic rings. The fourth-order valence-corrected chi connectivity index (χ4v) is 8.06. The first-order valence-electron chi connectivity index (χ1n) is 12.1. The molecule has 3 saturated carbocycles. The number of fused-ring (bicyclic) bond motifs is 3. The van der Waals surface area contributed by atoms with Crippen LogP contribution in [0.2, 0.25) is 0 Å². The molecule has 1 aromatic carbocycles. The quantitative estimate of drug-likeness (QED) is 0.495. The third-order valence-electron chi connectivity index (χ3n) is 7.65. The summed E-state index contributed by atoms with van der Waals surface area (Å²) in [5.74, 6) is 0.173. The van der Waals surface area contributed by atoms with Crippen LogP contribution in [0.25, 0.3) is 16.7 Å². The van der Waals surface area contributed by atoms with E-state index in [-0.39, 0.29) is 39.8 Å². The van der Waals surface area contributed by atoms with Gasteiger partial charge in [-0.25, -0.2) is 35.9 Å². The molecule has 192 valence electrons. The van der Waals surface area contributed by atoms with Crippen molar-refractivity contribution in [2.75, 3.05) is 6.26 Å². The smallest absolute Gasteiger partial charge is 0.226 e. The Morgan fingerprint density at radius 1 is 1.03 bits per heavy atom. The van der Waals surface area contributed by atoms with E-state index in [4.69, 9.17) is 4.74 Å². The first-order valence-corrected chi connectivity index (χ1v) is 15.5. The van der Waals surface area contributed by atoms with Gasteiger partial charge in [-0.1, -0.05) is 0 Å². The second kappa shape index (κ2) is 8.49. The zero-order valence-corrected chi connectivity index (χ0v) is 21.3. The highest BCUT2D eigenvalue weighted by atomic mass is 32.2. The maximum atomic E-state index is 14.8. The van der Waals surface area contributed by atoms with E-state index in [9.17, 15) is 21.2 Å². The van der Waals surface area contributed by atoms with Gasteiger partial charge >= 0.3 is 0 Å². The van der Waals surface area contributed by atoms with Crippen molar-refractivity contribution in [1.82, 2.24) is 19.3 Å². The van der Waals surface area contributed by atoms with Gasteiger partial charge < -0.3 is 4.74 Å². The van der Waals surface area contributed by atoms with Crippen molar-refractivity contribution in [3.8, 4) is 11.6 Å². The second-order valence-corrected chi connectivity index (χ2v) is 14.2. The summed E-state index contributed by atoms with van der Waals surface area (Å²) in [4.78, 5) is 8.54. The molecule has 6 rings (SSSR count). The van der Waals surface area contributed by atoms with Gasteiger partial charge in [-0.15, -0.1) is 0 Å². The summed E-state index contributed by atoms with van der Waals surface area (Å²) in [7, 11) is -6.76. The lowest BCUT2D eigenvalue weighted by Gasteiger charge is -2.35. The Labute approximate surface area is 209 Å². The van der Waals surface area contributed by atoms with Gasteiger partial charge in [0.05, 0.1) is 21.2 Å². The Balaban J connectivity index is 1.23. The summed E-state index contributed by atoms with van der Waals surface area (Å²) in [5.41, 5.74) is 0.614. The molecule has 0 spiro atoms. The number of nitrogens with one attached hydrogen (secondary N) is 1. The molecule has 0 amide bonds. The van der Waals surface area contributed by atoms with Crippen molar-refractivity contribution < 1.29 is 26.0 Å². The SMILES string of the molecule is CS(=O)(=O)c1ccc(-n2ccc3c(OC4C[C@@H]5CC[C@@H](C4)C5NS(=O)(=O)C4CC4)ncnc32)c(F)c1. The van der Waals surface area contributed by atoms with Gasteiger partial charge in [0, 0.05) is 18.5 Å². The lowest BCUT2D eigenvalue weighted by atomic mass is 9.83. The van der Waals surface area contributed by atoms with Crippen LogP contribution >= 0.6 is 0 Å². The normalized spacial score (nSPS) is 26.4. The van der Waals surface area contributed by atoms with Crippen LogP contribution in [0.5, 0.6) is 5.88 Å². The number of hydrogen-bond donors (Lipinski definition) is 1. The number of ether oxygens (including phenoxy) is 1. The lowest BCUT2D eigenvalue weighted by Crippen LogP contribution is -2.48. The number of nitrogens with zero attached hydrogens (tertiary/aromatic N) is 3. The van der Waals surface area contributed by atoms with E-state index < -0.39 is 25.7 Å². The zero-order valence-electron chi connectivity index (χ0n) is 19.7. The number of sulfone groups is 1. The van der Waals surface area contributed by atoms with Crippen LogP contribution in [0.3, 0.4) is 0 Å². The standard InChI is InChI=1S/C24H27FN4O5S2/c1-35(30,31)18-6-7-21(20(25)12-18)29-9-8-19-23(29)26-13-27-24(19)34-16-10-14-2-3-15(11-16)22(14)28-36(32,33)17-4-5-17/h6-9,12-17,22,28H,2-5,10-11H2,1H3/t14-,15-,16?,22?/m0/s1. The van der Waals surface area contributed by atoms with Crippen LogP contribution < -0.4 is 9.46 Å². The molecular formula is C24H27FN4O5S2. The molecule has 3 fully saturated rings. The molecule has 2 atom stereocenters. The Morgan fingerprint density at radius 2 is 1.75 bits per heavy atom. The topological polar surface area (TPSA) is 120 Å². The average Bonchev–Trinajstić information content (AvgIpc) is 3.56. The summed E-state index contributed by atoms with van der Waals surface area (Å²) < 4.78 is 74.2. The minimum atomic E-state index is -3.53.